The quantitative estimate of drug-likeness (QED) is 0.733. The van der Waals surface area contributed by atoms with Crippen molar-refractivity contribution in [1.29, 1.82) is 0 Å². The number of aromatic nitrogens is 2. The van der Waals surface area contributed by atoms with Crippen molar-refractivity contribution in [2.45, 2.75) is 40.2 Å². The van der Waals surface area contributed by atoms with E-state index in [1.165, 1.54) is 12.1 Å². The smallest absolute Gasteiger partial charge is 0.346 e. The largest absolute Gasteiger partial charge is 0.351 e. The van der Waals surface area contributed by atoms with Crippen LogP contribution in [0.2, 0.25) is 0 Å². The predicted octanol–water partition coefficient (Wildman–Crippen LogP) is 3.46. The lowest BCUT2D eigenvalue weighted by Crippen LogP contribution is -2.30. The highest BCUT2D eigenvalue weighted by Gasteiger charge is 2.29. The molecule has 1 amide bonds. The van der Waals surface area contributed by atoms with E-state index in [-0.39, 0.29) is 18.7 Å². The number of nitrogens with one attached hydrogen (secondary N) is 1. The molecule has 0 bridgehead atoms. The van der Waals surface area contributed by atoms with Gasteiger partial charge in [-0.05, 0) is 24.3 Å². The van der Waals surface area contributed by atoms with E-state index in [1.54, 1.807) is 0 Å². The van der Waals surface area contributed by atoms with E-state index in [0.717, 1.165) is 22.9 Å². The maximum atomic E-state index is 14.2. The van der Waals surface area contributed by atoms with Gasteiger partial charge in [0.15, 0.2) is 24.2 Å². The number of carbonyl (C=O) groups is 1. The molecule has 9 nitrogen and oxygen atoms in total. The molecule has 30 heavy (non-hydrogen) atoms. The molecule has 0 saturated carbocycles. The van der Waals surface area contributed by atoms with Gasteiger partial charge in [0.05, 0.1) is 12.8 Å². The first-order valence-corrected chi connectivity index (χ1v) is 9.39. The Morgan fingerprint density at radius 1 is 1.23 bits per heavy atom. The zero-order valence-corrected chi connectivity index (χ0v) is 17.1. The van der Waals surface area contributed by atoms with E-state index in [4.69, 9.17) is 9.47 Å². The zero-order chi connectivity index (χ0) is 22.7. The van der Waals surface area contributed by atoms with Crippen molar-refractivity contribution in [2.24, 2.45) is 5.18 Å². The Balaban J connectivity index is 0.00000106. The lowest BCUT2D eigenvalue weighted by atomic mass is 10.2. The van der Waals surface area contributed by atoms with Crippen LogP contribution in [0.15, 0.2) is 40.4 Å². The summed E-state index contributed by atoms with van der Waals surface area (Å²) in [6.07, 6.45) is -1.09. The molecule has 1 saturated heterocycles. The molecule has 1 aliphatic heterocycles. The number of carbonyl (C=O) groups excluding carboxylic acids is 1. The lowest BCUT2D eigenvalue weighted by Gasteiger charge is -2.13. The summed E-state index contributed by atoms with van der Waals surface area (Å²) in [6.45, 7) is 7.63. The standard InChI is InChI=1S/C15H12F2N4O5.2C2H6/c16-9-3-1-8(2-4-9)14(22)19-13-10(17)6-21(15(23)20-13)11-7-25-12(26-11)5-18-24;2*1-2/h1-4,6,11-12H,5,7H2,(H,19,20,22,23);2*1-2H3. The Morgan fingerprint density at radius 3 is 2.47 bits per heavy atom. The average Bonchev–Trinajstić information content (AvgIpc) is 3.22. The number of amides is 1. The minimum Gasteiger partial charge on any atom is -0.346 e. The molecule has 0 aliphatic carbocycles. The van der Waals surface area contributed by atoms with Crippen LogP contribution < -0.4 is 11.0 Å². The number of anilines is 1. The first-order valence-electron chi connectivity index (χ1n) is 9.39. The van der Waals surface area contributed by atoms with Crippen LogP contribution in [-0.2, 0) is 9.47 Å². The first kappa shape index (κ1) is 25.0. The van der Waals surface area contributed by atoms with Crippen LogP contribution in [0.5, 0.6) is 0 Å². The summed E-state index contributed by atoms with van der Waals surface area (Å²) in [6, 6.07) is 4.54. The normalized spacial score (nSPS) is 17.1. The van der Waals surface area contributed by atoms with E-state index < -0.39 is 41.6 Å². The van der Waals surface area contributed by atoms with Gasteiger partial charge >= 0.3 is 5.69 Å². The molecule has 1 aliphatic rings. The van der Waals surface area contributed by atoms with E-state index in [0.29, 0.717) is 0 Å². The zero-order valence-electron chi connectivity index (χ0n) is 17.1. The summed E-state index contributed by atoms with van der Waals surface area (Å²) in [4.78, 5) is 37.8. The third-order valence-electron chi connectivity index (χ3n) is 3.51. The second-order valence-electron chi connectivity index (χ2n) is 5.25. The van der Waals surface area contributed by atoms with Gasteiger partial charge in [0.1, 0.15) is 12.4 Å². The van der Waals surface area contributed by atoms with Crippen molar-refractivity contribution in [1.82, 2.24) is 9.55 Å². The van der Waals surface area contributed by atoms with Gasteiger partial charge in [0.25, 0.3) is 5.91 Å². The maximum Gasteiger partial charge on any atom is 0.351 e. The van der Waals surface area contributed by atoms with Crippen LogP contribution in [0.3, 0.4) is 0 Å². The number of benzene rings is 1. The number of hydrogen-bond donors (Lipinski definition) is 1. The lowest BCUT2D eigenvalue weighted by molar-refractivity contribution is -0.0643. The van der Waals surface area contributed by atoms with Gasteiger partial charge in [0.2, 0.25) is 0 Å². The van der Waals surface area contributed by atoms with Crippen LogP contribution in [0, 0.1) is 16.5 Å². The Kier molecular flexibility index (Phi) is 10.4. The molecule has 2 atom stereocenters. The van der Waals surface area contributed by atoms with E-state index in [1.807, 2.05) is 27.7 Å². The number of rotatable bonds is 5. The molecule has 3 rings (SSSR count). The summed E-state index contributed by atoms with van der Waals surface area (Å²) in [5.74, 6) is -2.85. The molecule has 11 heteroatoms. The maximum absolute atomic E-state index is 14.2. The summed E-state index contributed by atoms with van der Waals surface area (Å²) in [5.41, 5.74) is -0.831. The Labute approximate surface area is 172 Å². The fourth-order valence-corrected chi connectivity index (χ4v) is 2.27. The molecule has 164 valence electrons. The van der Waals surface area contributed by atoms with Crippen LogP contribution in [-0.4, -0.2) is 34.9 Å². The molecule has 2 heterocycles. The van der Waals surface area contributed by atoms with Gasteiger partial charge in [-0.15, -0.1) is 0 Å². The number of halogens is 2. The average molecular weight is 426 g/mol. The van der Waals surface area contributed by atoms with Crippen LogP contribution in [0.1, 0.15) is 44.3 Å². The molecular formula is C19H24F2N4O5. The molecule has 0 radical (unpaired) electrons. The van der Waals surface area contributed by atoms with Crippen molar-refractivity contribution >= 4 is 11.7 Å². The van der Waals surface area contributed by atoms with Crippen molar-refractivity contribution in [3.8, 4) is 0 Å². The summed E-state index contributed by atoms with van der Waals surface area (Å²) >= 11 is 0. The van der Waals surface area contributed by atoms with Gasteiger partial charge in [-0.2, -0.15) is 9.89 Å². The molecule has 2 aromatic rings. The fraction of sp³-hybridized carbons (Fsp3) is 0.421. The SMILES string of the molecule is CC.CC.O=NCC1OCC(n2cc(F)c(NC(=O)c3ccc(F)cc3)nc2=O)O1. The molecule has 1 fully saturated rings. The number of hydrogen-bond acceptors (Lipinski definition) is 7. The predicted molar refractivity (Wildman–Crippen MR) is 106 cm³/mol. The molecular weight excluding hydrogens is 402 g/mol. The van der Waals surface area contributed by atoms with Gasteiger partial charge < -0.3 is 14.8 Å². The third kappa shape index (κ3) is 6.49. The van der Waals surface area contributed by atoms with Crippen molar-refractivity contribution in [2.75, 3.05) is 18.5 Å². The van der Waals surface area contributed by atoms with Gasteiger partial charge in [-0.25, -0.2) is 13.6 Å². The van der Waals surface area contributed by atoms with Crippen LogP contribution >= 0.6 is 0 Å². The summed E-state index contributed by atoms with van der Waals surface area (Å²) < 4.78 is 38.3. The molecule has 2 unspecified atom stereocenters. The van der Waals surface area contributed by atoms with Crippen molar-refractivity contribution < 1.29 is 23.0 Å². The summed E-state index contributed by atoms with van der Waals surface area (Å²) in [5, 5.41) is 4.76. The van der Waals surface area contributed by atoms with Crippen molar-refractivity contribution in [3.05, 3.63) is 63.1 Å². The number of nitroso groups, excluding NO2 is 1. The first-order chi connectivity index (χ1) is 14.5. The van der Waals surface area contributed by atoms with Gasteiger partial charge in [0, 0.05) is 5.56 Å². The summed E-state index contributed by atoms with van der Waals surface area (Å²) in [7, 11) is 0. The molecule has 1 aromatic heterocycles. The minimum atomic E-state index is -0.986. The monoisotopic (exact) mass is 426 g/mol. The Bertz CT molecular complexity index is 889. The molecule has 1 aromatic carbocycles. The second-order valence-corrected chi connectivity index (χ2v) is 5.25. The third-order valence-corrected chi connectivity index (χ3v) is 3.51. The topological polar surface area (TPSA) is 112 Å². The molecule has 0 spiro atoms. The van der Waals surface area contributed by atoms with E-state index >= 15 is 0 Å². The highest BCUT2D eigenvalue weighted by molar-refractivity contribution is 6.03. The second kappa shape index (κ2) is 12.5. The minimum absolute atomic E-state index is 0.0634. The van der Waals surface area contributed by atoms with Gasteiger partial charge in [-0.3, -0.25) is 9.36 Å². The fourth-order valence-electron chi connectivity index (χ4n) is 2.27. The van der Waals surface area contributed by atoms with Crippen LogP contribution in [0.4, 0.5) is 14.6 Å². The highest BCUT2D eigenvalue weighted by atomic mass is 19.1. The van der Waals surface area contributed by atoms with Gasteiger partial charge in [-0.1, -0.05) is 32.9 Å². The Morgan fingerprint density at radius 2 is 1.87 bits per heavy atom. The van der Waals surface area contributed by atoms with Crippen LogP contribution in [0.25, 0.3) is 0 Å². The van der Waals surface area contributed by atoms with Crippen molar-refractivity contribution in [3.63, 3.8) is 0 Å². The number of ether oxygens (including phenoxy) is 2. The highest BCUT2D eigenvalue weighted by Crippen LogP contribution is 2.21. The van der Waals surface area contributed by atoms with E-state index in [9.17, 15) is 23.3 Å². The Hall–Kier alpha value is -3.05. The molecule has 1 N–H and O–H groups in total. The number of nitrogens with zero attached hydrogens (tertiary/aromatic N) is 3. The van der Waals surface area contributed by atoms with E-state index in [2.05, 4.69) is 15.5 Å².